The first kappa shape index (κ1) is 20.3. The van der Waals surface area contributed by atoms with E-state index < -0.39 is 11.9 Å². The van der Waals surface area contributed by atoms with E-state index in [4.69, 9.17) is 11.6 Å². The summed E-state index contributed by atoms with van der Waals surface area (Å²) in [6.45, 7) is 5.51. The lowest BCUT2D eigenvalue weighted by Gasteiger charge is -2.13. The summed E-state index contributed by atoms with van der Waals surface area (Å²) in [4.78, 5) is 41.3. The molecule has 1 unspecified atom stereocenters. The van der Waals surface area contributed by atoms with Crippen LogP contribution in [0.5, 0.6) is 0 Å². The Morgan fingerprint density at radius 1 is 1.31 bits per heavy atom. The molecule has 9 heteroatoms. The van der Waals surface area contributed by atoms with E-state index in [0.29, 0.717) is 16.3 Å². The second-order valence-corrected chi connectivity index (χ2v) is 6.77. The predicted octanol–water partition coefficient (Wildman–Crippen LogP) is 1.87. The van der Waals surface area contributed by atoms with Crippen molar-refractivity contribution in [3.63, 3.8) is 0 Å². The normalized spacial score (nSPS) is 11.8. The number of nitrogens with zero attached hydrogens (tertiary/aromatic N) is 3. The van der Waals surface area contributed by atoms with E-state index in [0.717, 1.165) is 0 Å². The van der Waals surface area contributed by atoms with E-state index >= 15 is 0 Å². The summed E-state index contributed by atoms with van der Waals surface area (Å²) in [7, 11) is 1.48. The van der Waals surface area contributed by atoms with Gasteiger partial charge >= 0.3 is 0 Å². The molecule has 3 aromatic rings. The SMILES string of the molecule is C=CCn1c(-c2ccccc2Cl)cn2cc(C(=O)NC(C)C(=O)NC)nc2c1=O. The number of benzene rings is 1. The van der Waals surface area contributed by atoms with Crippen LogP contribution in [0.2, 0.25) is 5.02 Å². The van der Waals surface area contributed by atoms with Crippen LogP contribution in [0.15, 0.2) is 54.1 Å². The first-order valence-corrected chi connectivity index (χ1v) is 9.26. The molecule has 2 N–H and O–H groups in total. The highest BCUT2D eigenvalue weighted by Crippen LogP contribution is 2.27. The minimum absolute atomic E-state index is 0.0271. The van der Waals surface area contributed by atoms with Crippen molar-refractivity contribution in [1.82, 2.24) is 24.6 Å². The molecule has 8 nitrogen and oxygen atoms in total. The van der Waals surface area contributed by atoms with Gasteiger partial charge in [0.2, 0.25) is 11.6 Å². The van der Waals surface area contributed by atoms with Crippen molar-refractivity contribution < 1.29 is 9.59 Å². The number of likely N-dealkylation sites (N-methyl/N-ethyl adjacent to an activating group) is 1. The molecule has 0 radical (unpaired) electrons. The van der Waals surface area contributed by atoms with Crippen LogP contribution < -0.4 is 16.2 Å². The molecule has 0 bridgehead atoms. The summed E-state index contributed by atoms with van der Waals surface area (Å²) in [5.41, 5.74) is 0.958. The van der Waals surface area contributed by atoms with E-state index in [2.05, 4.69) is 22.2 Å². The van der Waals surface area contributed by atoms with E-state index in [-0.39, 0.29) is 29.4 Å². The fourth-order valence-electron chi connectivity index (χ4n) is 2.94. The molecular weight excluding hydrogens is 394 g/mol. The quantitative estimate of drug-likeness (QED) is 0.603. The van der Waals surface area contributed by atoms with E-state index in [1.165, 1.54) is 22.2 Å². The average molecular weight is 414 g/mol. The van der Waals surface area contributed by atoms with Gasteiger partial charge in [-0.05, 0) is 13.0 Å². The Bertz CT molecular complexity index is 1160. The number of amides is 2. The zero-order valence-electron chi connectivity index (χ0n) is 16.0. The van der Waals surface area contributed by atoms with Crippen LogP contribution in [0.25, 0.3) is 16.9 Å². The molecule has 0 spiro atoms. The van der Waals surface area contributed by atoms with Gasteiger partial charge in [-0.1, -0.05) is 35.9 Å². The highest BCUT2D eigenvalue weighted by Gasteiger charge is 2.20. The number of hydrogen-bond donors (Lipinski definition) is 2. The third-order valence-corrected chi connectivity index (χ3v) is 4.73. The Kier molecular flexibility index (Phi) is 5.84. The third kappa shape index (κ3) is 3.93. The molecule has 0 saturated heterocycles. The lowest BCUT2D eigenvalue weighted by molar-refractivity contribution is -0.122. The third-order valence-electron chi connectivity index (χ3n) is 4.40. The summed E-state index contributed by atoms with van der Waals surface area (Å²) in [6, 6.07) is 6.41. The molecule has 0 aliphatic heterocycles. The van der Waals surface area contributed by atoms with Crippen LogP contribution in [0, 0.1) is 0 Å². The number of nitrogens with one attached hydrogen (secondary N) is 2. The molecule has 150 valence electrons. The highest BCUT2D eigenvalue weighted by molar-refractivity contribution is 6.33. The Labute approximate surface area is 171 Å². The highest BCUT2D eigenvalue weighted by atomic mass is 35.5. The van der Waals surface area contributed by atoms with Crippen molar-refractivity contribution in [1.29, 1.82) is 0 Å². The van der Waals surface area contributed by atoms with Crippen LogP contribution in [0.1, 0.15) is 17.4 Å². The first-order chi connectivity index (χ1) is 13.9. The average Bonchev–Trinajstić information content (AvgIpc) is 3.14. The van der Waals surface area contributed by atoms with Crippen LogP contribution >= 0.6 is 11.6 Å². The summed E-state index contributed by atoms with van der Waals surface area (Å²) >= 11 is 6.32. The summed E-state index contributed by atoms with van der Waals surface area (Å²) in [5, 5.41) is 5.49. The number of carbonyl (C=O) groups excluding carboxylic acids is 2. The number of allylic oxidation sites excluding steroid dienone is 1. The first-order valence-electron chi connectivity index (χ1n) is 8.88. The smallest absolute Gasteiger partial charge is 0.295 e. The lowest BCUT2D eigenvalue weighted by Crippen LogP contribution is -2.43. The van der Waals surface area contributed by atoms with Crippen molar-refractivity contribution in [2.75, 3.05) is 7.05 Å². The number of halogens is 1. The molecule has 1 atom stereocenters. The van der Waals surface area contributed by atoms with Gasteiger partial charge in [0, 0.05) is 36.6 Å². The van der Waals surface area contributed by atoms with Crippen LogP contribution in [-0.2, 0) is 11.3 Å². The van der Waals surface area contributed by atoms with Gasteiger partial charge < -0.3 is 10.6 Å². The summed E-state index contributed by atoms with van der Waals surface area (Å²) in [5.74, 6) is -0.893. The molecule has 0 saturated carbocycles. The van der Waals surface area contributed by atoms with Gasteiger partial charge in [0.25, 0.3) is 11.5 Å². The number of hydrogen-bond acceptors (Lipinski definition) is 4. The molecule has 2 amide bonds. The molecule has 3 rings (SSSR count). The minimum Gasteiger partial charge on any atom is -0.357 e. The maximum absolute atomic E-state index is 13.0. The molecule has 0 fully saturated rings. The van der Waals surface area contributed by atoms with Gasteiger partial charge in [-0.3, -0.25) is 23.4 Å². The standard InChI is InChI=1S/C20H20ClN5O3/c1-4-9-26-16(13-7-5-6-8-14(13)21)11-25-10-15(24-17(25)20(26)29)19(28)23-12(2)18(27)22-3/h4-8,10-12H,1,9H2,2-3H3,(H,22,27)(H,23,28). The van der Waals surface area contributed by atoms with Crippen molar-refractivity contribution in [2.24, 2.45) is 0 Å². The van der Waals surface area contributed by atoms with Gasteiger partial charge in [0.1, 0.15) is 11.7 Å². The maximum atomic E-state index is 13.0. The fourth-order valence-corrected chi connectivity index (χ4v) is 3.17. The Morgan fingerprint density at radius 3 is 2.69 bits per heavy atom. The van der Waals surface area contributed by atoms with Crippen molar-refractivity contribution in [3.8, 4) is 11.3 Å². The number of aromatic nitrogens is 3. The van der Waals surface area contributed by atoms with Gasteiger partial charge in [-0.2, -0.15) is 0 Å². The topological polar surface area (TPSA) is 97.5 Å². The zero-order valence-corrected chi connectivity index (χ0v) is 16.7. The fraction of sp³-hybridized carbons (Fsp3) is 0.200. The summed E-state index contributed by atoms with van der Waals surface area (Å²) < 4.78 is 2.98. The van der Waals surface area contributed by atoms with Crippen LogP contribution in [-0.4, -0.2) is 38.9 Å². The molecule has 2 aromatic heterocycles. The van der Waals surface area contributed by atoms with Crippen molar-refractivity contribution >= 4 is 29.1 Å². The number of rotatable bonds is 6. The number of fused-ring (bicyclic) bond motifs is 1. The molecule has 0 aliphatic carbocycles. The van der Waals surface area contributed by atoms with Gasteiger partial charge in [0.15, 0.2) is 0 Å². The molecule has 29 heavy (non-hydrogen) atoms. The van der Waals surface area contributed by atoms with E-state index in [1.54, 1.807) is 37.4 Å². The minimum atomic E-state index is -0.742. The maximum Gasteiger partial charge on any atom is 0.295 e. The molecule has 1 aromatic carbocycles. The largest absolute Gasteiger partial charge is 0.357 e. The van der Waals surface area contributed by atoms with Crippen LogP contribution in [0.4, 0.5) is 0 Å². The monoisotopic (exact) mass is 413 g/mol. The van der Waals surface area contributed by atoms with Crippen LogP contribution in [0.3, 0.4) is 0 Å². The Morgan fingerprint density at radius 2 is 2.03 bits per heavy atom. The van der Waals surface area contributed by atoms with Gasteiger partial charge in [-0.25, -0.2) is 4.98 Å². The lowest BCUT2D eigenvalue weighted by atomic mass is 10.1. The van der Waals surface area contributed by atoms with Gasteiger partial charge in [-0.15, -0.1) is 6.58 Å². The zero-order chi connectivity index (χ0) is 21.1. The molecule has 2 heterocycles. The second-order valence-electron chi connectivity index (χ2n) is 6.37. The number of carbonyl (C=O) groups is 2. The number of imidazole rings is 1. The van der Waals surface area contributed by atoms with E-state index in [9.17, 15) is 14.4 Å². The van der Waals surface area contributed by atoms with Crippen molar-refractivity contribution in [3.05, 3.63) is 70.4 Å². The van der Waals surface area contributed by atoms with Crippen molar-refractivity contribution in [2.45, 2.75) is 19.5 Å². The van der Waals surface area contributed by atoms with E-state index in [1.807, 2.05) is 6.07 Å². The second kappa shape index (κ2) is 8.32. The predicted molar refractivity (Wildman–Crippen MR) is 111 cm³/mol. The Balaban J connectivity index is 2.11. The summed E-state index contributed by atoms with van der Waals surface area (Å²) in [6.07, 6.45) is 4.73. The molecular formula is C20H20ClN5O3. The molecule has 0 aliphatic rings. The van der Waals surface area contributed by atoms with Gasteiger partial charge in [0.05, 0.1) is 5.69 Å². The Hall–Kier alpha value is -3.39.